The van der Waals surface area contributed by atoms with Gasteiger partial charge in [0.25, 0.3) is 10.0 Å². The normalized spacial score (nSPS) is 10.9. The number of ether oxygens (including phenoxy) is 2. The van der Waals surface area contributed by atoms with Gasteiger partial charge in [-0.25, -0.2) is 13.2 Å². The second-order valence-corrected chi connectivity index (χ2v) is 7.43. The third-order valence-corrected chi connectivity index (χ3v) is 5.69. The summed E-state index contributed by atoms with van der Waals surface area (Å²) in [5.41, 5.74) is 0.344. The van der Waals surface area contributed by atoms with E-state index in [0.717, 1.165) is 4.31 Å². The van der Waals surface area contributed by atoms with Crippen LogP contribution in [0.4, 0.5) is 5.69 Å². The van der Waals surface area contributed by atoms with E-state index in [2.05, 4.69) is 11.3 Å². The maximum Gasteiger partial charge on any atom is 0.337 e. The average molecular weight is 396 g/mol. The number of sulfonamides is 1. The van der Waals surface area contributed by atoms with Gasteiger partial charge in [0, 0.05) is 0 Å². The second-order valence-electron chi connectivity index (χ2n) is 5.16. The summed E-state index contributed by atoms with van der Waals surface area (Å²) < 4.78 is 37.0. The zero-order valence-electron chi connectivity index (χ0n) is 14.3. The van der Waals surface area contributed by atoms with Gasteiger partial charge in [0.2, 0.25) is 0 Å². The minimum absolute atomic E-state index is 0.0291. The maximum atomic E-state index is 13.1. The van der Waals surface area contributed by atoms with Gasteiger partial charge in [-0.05, 0) is 42.5 Å². The number of carbonyl (C=O) groups is 1. The van der Waals surface area contributed by atoms with Gasteiger partial charge in [0.15, 0.2) is 0 Å². The molecule has 0 saturated heterocycles. The van der Waals surface area contributed by atoms with Crippen molar-refractivity contribution in [1.82, 2.24) is 0 Å². The summed E-state index contributed by atoms with van der Waals surface area (Å²) in [7, 11) is -1.21. The lowest BCUT2D eigenvalue weighted by molar-refractivity contribution is 0.0600. The minimum Gasteiger partial charge on any atom is -0.497 e. The quantitative estimate of drug-likeness (QED) is 0.529. The van der Waals surface area contributed by atoms with Crippen LogP contribution in [0.15, 0.2) is 60.0 Å². The smallest absolute Gasteiger partial charge is 0.337 e. The zero-order chi connectivity index (χ0) is 19.3. The molecule has 0 radical (unpaired) electrons. The Balaban J connectivity index is 2.57. The van der Waals surface area contributed by atoms with Crippen molar-refractivity contribution in [2.45, 2.75) is 4.90 Å². The largest absolute Gasteiger partial charge is 0.497 e. The van der Waals surface area contributed by atoms with Crippen LogP contribution in [0, 0.1) is 0 Å². The van der Waals surface area contributed by atoms with E-state index in [1.807, 2.05) is 0 Å². The summed E-state index contributed by atoms with van der Waals surface area (Å²) in [6.45, 7) is 3.57. The highest BCUT2D eigenvalue weighted by molar-refractivity contribution is 7.92. The lowest BCUT2D eigenvalue weighted by Crippen LogP contribution is -2.31. The van der Waals surface area contributed by atoms with Crippen molar-refractivity contribution in [3.8, 4) is 5.75 Å². The number of hydrogen-bond donors (Lipinski definition) is 0. The van der Waals surface area contributed by atoms with Crippen molar-refractivity contribution in [2.24, 2.45) is 0 Å². The molecule has 0 saturated carbocycles. The number of rotatable bonds is 7. The highest BCUT2D eigenvalue weighted by Crippen LogP contribution is 2.32. The molecule has 0 bridgehead atoms. The van der Waals surface area contributed by atoms with Crippen molar-refractivity contribution < 1.29 is 22.7 Å². The van der Waals surface area contributed by atoms with Crippen LogP contribution < -0.4 is 9.04 Å². The van der Waals surface area contributed by atoms with Crippen molar-refractivity contribution in [2.75, 3.05) is 25.1 Å². The Morgan fingerprint density at radius 1 is 1.19 bits per heavy atom. The molecule has 0 atom stereocenters. The summed E-state index contributed by atoms with van der Waals surface area (Å²) in [5.74, 6) is -0.0618. The lowest BCUT2D eigenvalue weighted by atomic mass is 10.2. The van der Waals surface area contributed by atoms with Gasteiger partial charge in [-0.15, -0.1) is 6.58 Å². The molecule has 0 amide bonds. The van der Waals surface area contributed by atoms with Gasteiger partial charge in [-0.3, -0.25) is 4.31 Å². The third kappa shape index (κ3) is 4.00. The van der Waals surface area contributed by atoms with Crippen molar-refractivity contribution >= 4 is 33.3 Å². The maximum absolute atomic E-state index is 13.1. The second kappa shape index (κ2) is 8.25. The van der Waals surface area contributed by atoms with E-state index in [0.29, 0.717) is 5.75 Å². The minimum atomic E-state index is -3.94. The molecule has 2 aromatic rings. The Labute approximate surface area is 157 Å². The molecular weight excluding hydrogens is 378 g/mol. The lowest BCUT2D eigenvalue weighted by Gasteiger charge is -2.24. The number of hydrogen-bond acceptors (Lipinski definition) is 5. The van der Waals surface area contributed by atoms with Gasteiger partial charge >= 0.3 is 5.97 Å². The molecule has 138 valence electrons. The first kappa shape index (κ1) is 19.8. The zero-order valence-corrected chi connectivity index (χ0v) is 15.9. The molecule has 8 heteroatoms. The van der Waals surface area contributed by atoms with Crippen LogP contribution in [-0.4, -0.2) is 35.2 Å². The molecule has 0 aliphatic carbocycles. The van der Waals surface area contributed by atoms with Crippen LogP contribution >= 0.6 is 11.6 Å². The monoisotopic (exact) mass is 395 g/mol. The summed E-state index contributed by atoms with van der Waals surface area (Å²) in [5, 5.41) is 0.177. The van der Waals surface area contributed by atoms with Crippen molar-refractivity contribution in [3.05, 3.63) is 65.7 Å². The predicted octanol–water partition coefficient (Wildman–Crippen LogP) is 3.52. The molecule has 0 aliphatic rings. The van der Waals surface area contributed by atoms with Crippen LogP contribution in [0.1, 0.15) is 10.4 Å². The highest BCUT2D eigenvalue weighted by atomic mass is 35.5. The van der Waals surface area contributed by atoms with Crippen LogP contribution in [0.2, 0.25) is 5.02 Å². The fourth-order valence-electron chi connectivity index (χ4n) is 2.27. The number of methoxy groups -OCH3 is 2. The molecule has 0 aromatic heterocycles. The Bertz CT molecular complexity index is 910. The number of benzene rings is 2. The van der Waals surface area contributed by atoms with Crippen LogP contribution in [-0.2, 0) is 14.8 Å². The molecule has 0 fully saturated rings. The molecule has 0 heterocycles. The van der Waals surface area contributed by atoms with Gasteiger partial charge in [-0.2, -0.15) is 0 Å². The van der Waals surface area contributed by atoms with E-state index < -0.39 is 16.0 Å². The van der Waals surface area contributed by atoms with Gasteiger partial charge in [-0.1, -0.05) is 17.7 Å². The number of esters is 1. The topological polar surface area (TPSA) is 72.9 Å². The van der Waals surface area contributed by atoms with Crippen LogP contribution in [0.25, 0.3) is 0 Å². The van der Waals surface area contributed by atoms with Crippen LogP contribution in [0.5, 0.6) is 5.75 Å². The van der Waals surface area contributed by atoms with Crippen molar-refractivity contribution in [1.29, 1.82) is 0 Å². The van der Waals surface area contributed by atoms with E-state index >= 15 is 0 Å². The van der Waals surface area contributed by atoms with Gasteiger partial charge < -0.3 is 9.47 Å². The SMILES string of the molecule is C=CCN(c1cc(C(=O)OC)ccc1Cl)S(=O)(=O)c1ccc(OC)cc1. The van der Waals surface area contributed by atoms with E-state index in [1.165, 1.54) is 50.6 Å². The molecule has 0 N–H and O–H groups in total. The molecule has 26 heavy (non-hydrogen) atoms. The van der Waals surface area contributed by atoms with E-state index in [1.54, 1.807) is 12.1 Å². The molecule has 0 unspecified atom stereocenters. The Morgan fingerprint density at radius 3 is 2.38 bits per heavy atom. The summed E-state index contributed by atoms with van der Waals surface area (Å²) in [4.78, 5) is 11.8. The summed E-state index contributed by atoms with van der Waals surface area (Å²) in [6.07, 6.45) is 1.43. The first-order chi connectivity index (χ1) is 12.3. The van der Waals surface area contributed by atoms with Gasteiger partial charge in [0.05, 0.1) is 41.9 Å². The predicted molar refractivity (Wildman–Crippen MR) is 101 cm³/mol. The molecule has 2 aromatic carbocycles. The standard InChI is InChI=1S/C18H18ClNO5S/c1-4-11-20(17-12-13(18(21)25-3)5-10-16(17)19)26(22,23)15-8-6-14(24-2)7-9-15/h4-10,12H,1,11H2,2-3H3. The number of halogens is 1. The van der Waals surface area contributed by atoms with E-state index in [4.69, 9.17) is 16.3 Å². The molecule has 0 spiro atoms. The Morgan fingerprint density at radius 2 is 1.85 bits per heavy atom. The molecule has 6 nitrogen and oxygen atoms in total. The number of carbonyl (C=O) groups excluding carboxylic acids is 1. The van der Waals surface area contributed by atoms with E-state index in [-0.39, 0.29) is 27.7 Å². The Kier molecular flexibility index (Phi) is 6.28. The number of nitrogens with zero attached hydrogens (tertiary/aromatic N) is 1. The molecular formula is C18H18ClNO5S. The first-order valence-corrected chi connectivity index (χ1v) is 9.32. The summed E-state index contributed by atoms with van der Waals surface area (Å²) >= 11 is 6.20. The van der Waals surface area contributed by atoms with Crippen molar-refractivity contribution in [3.63, 3.8) is 0 Å². The first-order valence-electron chi connectivity index (χ1n) is 7.50. The fraction of sp³-hybridized carbons (Fsp3) is 0.167. The average Bonchev–Trinajstić information content (AvgIpc) is 2.66. The molecule has 0 aliphatic heterocycles. The van der Waals surface area contributed by atoms with Gasteiger partial charge in [0.1, 0.15) is 5.75 Å². The third-order valence-electron chi connectivity index (χ3n) is 3.58. The molecule has 2 rings (SSSR count). The van der Waals surface area contributed by atoms with E-state index in [9.17, 15) is 13.2 Å². The fourth-order valence-corrected chi connectivity index (χ4v) is 3.98. The van der Waals surface area contributed by atoms with Crippen LogP contribution in [0.3, 0.4) is 0 Å². The number of anilines is 1. The summed E-state index contributed by atoms with van der Waals surface area (Å²) in [6, 6.07) is 10.2. The Hall–Kier alpha value is -2.51. The highest BCUT2D eigenvalue weighted by Gasteiger charge is 2.26.